The number of primary amides is 1. The van der Waals surface area contributed by atoms with Crippen molar-refractivity contribution in [1.82, 2.24) is 4.90 Å². The molecule has 1 amide bonds. The summed E-state index contributed by atoms with van der Waals surface area (Å²) in [6.45, 7) is 7.12. The molecule has 1 aliphatic rings. The number of halogens is 1. The maximum Gasteiger partial charge on any atom is 0.248 e. The minimum atomic E-state index is -0.602. The molecule has 116 valence electrons. The third-order valence-corrected chi connectivity index (χ3v) is 4.26. The average Bonchev–Trinajstić information content (AvgIpc) is 2.68. The van der Waals surface area contributed by atoms with Crippen molar-refractivity contribution in [3.05, 3.63) is 29.1 Å². The van der Waals surface area contributed by atoms with E-state index in [4.69, 9.17) is 5.73 Å². The van der Waals surface area contributed by atoms with Gasteiger partial charge in [0, 0.05) is 29.4 Å². The van der Waals surface area contributed by atoms with Crippen molar-refractivity contribution < 1.29 is 9.18 Å². The highest BCUT2D eigenvalue weighted by molar-refractivity contribution is 5.94. The van der Waals surface area contributed by atoms with Gasteiger partial charge >= 0.3 is 0 Å². The van der Waals surface area contributed by atoms with Gasteiger partial charge in [0.15, 0.2) is 0 Å². The van der Waals surface area contributed by atoms with Gasteiger partial charge in [-0.3, -0.25) is 4.79 Å². The monoisotopic (exact) mass is 293 g/mol. The quantitative estimate of drug-likeness (QED) is 0.897. The summed E-state index contributed by atoms with van der Waals surface area (Å²) in [5.41, 5.74) is 6.69. The third kappa shape index (κ3) is 3.94. The van der Waals surface area contributed by atoms with Gasteiger partial charge in [0.1, 0.15) is 5.82 Å². The van der Waals surface area contributed by atoms with Crippen LogP contribution in [0.1, 0.15) is 42.1 Å². The molecule has 1 saturated heterocycles. The van der Waals surface area contributed by atoms with E-state index in [0.717, 1.165) is 38.9 Å². The van der Waals surface area contributed by atoms with Crippen LogP contribution in [0.4, 0.5) is 10.1 Å². The summed E-state index contributed by atoms with van der Waals surface area (Å²) < 4.78 is 13.9. The van der Waals surface area contributed by atoms with Crippen LogP contribution < -0.4 is 11.1 Å². The minimum Gasteiger partial charge on any atom is -0.382 e. The van der Waals surface area contributed by atoms with Crippen LogP contribution in [0.3, 0.4) is 0 Å². The molecule has 1 unspecified atom stereocenters. The second-order valence-electron chi connectivity index (χ2n) is 5.70. The van der Waals surface area contributed by atoms with Crippen LogP contribution >= 0.6 is 0 Å². The van der Waals surface area contributed by atoms with Gasteiger partial charge in [0.05, 0.1) is 0 Å². The van der Waals surface area contributed by atoms with Crippen molar-refractivity contribution in [2.24, 2.45) is 5.73 Å². The van der Waals surface area contributed by atoms with E-state index >= 15 is 0 Å². The maximum absolute atomic E-state index is 13.9. The Bertz CT molecular complexity index is 518. The van der Waals surface area contributed by atoms with Crippen LogP contribution in [0.25, 0.3) is 0 Å². The molecule has 0 bridgehead atoms. The molecule has 3 N–H and O–H groups in total. The van der Waals surface area contributed by atoms with Crippen LogP contribution in [0.5, 0.6) is 0 Å². The lowest BCUT2D eigenvalue weighted by molar-refractivity contribution is 0.1000. The van der Waals surface area contributed by atoms with Gasteiger partial charge in [0.2, 0.25) is 5.91 Å². The number of nitrogens with two attached hydrogens (primary N) is 1. The summed E-state index contributed by atoms with van der Waals surface area (Å²) in [7, 11) is 0. The molecule has 1 aliphatic heterocycles. The van der Waals surface area contributed by atoms with E-state index in [2.05, 4.69) is 17.1 Å². The number of amides is 1. The molecule has 0 aliphatic carbocycles. The number of carbonyl (C=O) groups excluding carboxylic acids is 1. The Morgan fingerprint density at radius 3 is 2.86 bits per heavy atom. The SMILES string of the molecule is CCN1CCCC(Nc2cc(C(N)=O)cc(F)c2C)CC1. The normalized spacial score (nSPS) is 20.0. The summed E-state index contributed by atoms with van der Waals surface area (Å²) in [4.78, 5) is 13.7. The van der Waals surface area contributed by atoms with E-state index in [1.807, 2.05) is 0 Å². The highest BCUT2D eigenvalue weighted by atomic mass is 19.1. The van der Waals surface area contributed by atoms with Crippen molar-refractivity contribution in [2.45, 2.75) is 39.2 Å². The first-order chi connectivity index (χ1) is 10.0. The largest absolute Gasteiger partial charge is 0.382 e. The molecule has 2 rings (SSSR count). The lowest BCUT2D eigenvalue weighted by Gasteiger charge is -2.21. The zero-order valence-corrected chi connectivity index (χ0v) is 12.8. The van der Waals surface area contributed by atoms with Crippen molar-refractivity contribution in [2.75, 3.05) is 25.0 Å². The predicted octanol–water partition coefficient (Wildman–Crippen LogP) is 2.52. The average molecular weight is 293 g/mol. The molecule has 0 aromatic heterocycles. The van der Waals surface area contributed by atoms with Gasteiger partial charge < -0.3 is 16.0 Å². The van der Waals surface area contributed by atoms with Crippen LogP contribution in [-0.2, 0) is 0 Å². The maximum atomic E-state index is 13.9. The van der Waals surface area contributed by atoms with E-state index in [1.165, 1.54) is 6.07 Å². The molecule has 1 aromatic rings. The number of rotatable bonds is 4. The first-order valence-electron chi connectivity index (χ1n) is 7.60. The van der Waals surface area contributed by atoms with Crippen LogP contribution in [0, 0.1) is 12.7 Å². The van der Waals surface area contributed by atoms with E-state index in [0.29, 0.717) is 17.3 Å². The zero-order chi connectivity index (χ0) is 15.4. The highest BCUT2D eigenvalue weighted by Crippen LogP contribution is 2.24. The summed E-state index contributed by atoms with van der Waals surface area (Å²) in [5.74, 6) is -0.993. The molecular weight excluding hydrogens is 269 g/mol. The Balaban J connectivity index is 2.13. The number of hydrogen-bond acceptors (Lipinski definition) is 3. The number of anilines is 1. The van der Waals surface area contributed by atoms with E-state index in [1.54, 1.807) is 13.0 Å². The second-order valence-corrected chi connectivity index (χ2v) is 5.70. The molecule has 1 aromatic carbocycles. The number of carbonyl (C=O) groups is 1. The predicted molar refractivity (Wildman–Crippen MR) is 83.0 cm³/mol. The third-order valence-electron chi connectivity index (χ3n) is 4.26. The molecule has 0 spiro atoms. The van der Waals surface area contributed by atoms with Crippen LogP contribution in [0.15, 0.2) is 12.1 Å². The Hall–Kier alpha value is -1.62. The fourth-order valence-corrected chi connectivity index (χ4v) is 2.81. The van der Waals surface area contributed by atoms with E-state index < -0.39 is 11.7 Å². The number of nitrogens with zero attached hydrogens (tertiary/aromatic N) is 1. The number of hydrogen-bond donors (Lipinski definition) is 2. The first kappa shape index (κ1) is 15.8. The summed E-state index contributed by atoms with van der Waals surface area (Å²) >= 11 is 0. The number of likely N-dealkylation sites (tertiary alicyclic amines) is 1. The Morgan fingerprint density at radius 2 is 2.19 bits per heavy atom. The molecule has 0 radical (unpaired) electrons. The van der Waals surface area contributed by atoms with E-state index in [9.17, 15) is 9.18 Å². The summed E-state index contributed by atoms with van der Waals surface area (Å²) in [6, 6.07) is 3.17. The van der Waals surface area contributed by atoms with Gasteiger partial charge in [-0.2, -0.15) is 0 Å². The van der Waals surface area contributed by atoms with Gasteiger partial charge in [-0.25, -0.2) is 4.39 Å². The zero-order valence-electron chi connectivity index (χ0n) is 12.8. The molecule has 5 heteroatoms. The Kier molecular flexibility index (Phi) is 5.17. The van der Waals surface area contributed by atoms with Gasteiger partial charge in [-0.15, -0.1) is 0 Å². The fourth-order valence-electron chi connectivity index (χ4n) is 2.81. The standard InChI is InChI=1S/C16H24FN3O/c1-3-20-7-4-5-13(6-8-20)19-15-10-12(16(18)21)9-14(17)11(15)2/h9-10,13,19H,3-8H2,1-2H3,(H2,18,21). The highest BCUT2D eigenvalue weighted by Gasteiger charge is 2.18. The molecule has 0 saturated carbocycles. The lowest BCUT2D eigenvalue weighted by Crippen LogP contribution is -2.26. The fraction of sp³-hybridized carbons (Fsp3) is 0.562. The lowest BCUT2D eigenvalue weighted by atomic mass is 10.1. The Morgan fingerprint density at radius 1 is 1.43 bits per heavy atom. The Labute approximate surface area is 125 Å². The summed E-state index contributed by atoms with van der Waals surface area (Å²) in [6.07, 6.45) is 3.20. The van der Waals surface area contributed by atoms with Crippen LogP contribution in [-0.4, -0.2) is 36.5 Å². The molecule has 4 nitrogen and oxygen atoms in total. The van der Waals surface area contributed by atoms with Crippen molar-refractivity contribution >= 4 is 11.6 Å². The minimum absolute atomic E-state index is 0.212. The van der Waals surface area contributed by atoms with Crippen molar-refractivity contribution in [1.29, 1.82) is 0 Å². The van der Waals surface area contributed by atoms with Crippen molar-refractivity contribution in [3.8, 4) is 0 Å². The molecule has 21 heavy (non-hydrogen) atoms. The molecular formula is C16H24FN3O. The molecule has 1 heterocycles. The number of nitrogens with one attached hydrogen (secondary N) is 1. The summed E-state index contributed by atoms with van der Waals surface area (Å²) in [5, 5.41) is 3.40. The van der Waals surface area contributed by atoms with Crippen LogP contribution in [0.2, 0.25) is 0 Å². The number of benzene rings is 1. The topological polar surface area (TPSA) is 58.4 Å². The van der Waals surface area contributed by atoms with Gasteiger partial charge in [-0.05, 0) is 51.4 Å². The van der Waals surface area contributed by atoms with Gasteiger partial charge in [-0.1, -0.05) is 6.92 Å². The smallest absolute Gasteiger partial charge is 0.248 e. The second kappa shape index (κ2) is 6.89. The van der Waals surface area contributed by atoms with Crippen molar-refractivity contribution in [3.63, 3.8) is 0 Å². The molecule has 1 atom stereocenters. The van der Waals surface area contributed by atoms with Gasteiger partial charge in [0.25, 0.3) is 0 Å². The first-order valence-corrected chi connectivity index (χ1v) is 7.60. The molecule has 1 fully saturated rings. The van der Waals surface area contributed by atoms with E-state index in [-0.39, 0.29) is 5.56 Å².